The molecule has 25 heavy (non-hydrogen) atoms. The van der Waals surface area contributed by atoms with Gasteiger partial charge in [0.2, 0.25) is 5.91 Å². The minimum atomic E-state index is -4.52. The Morgan fingerprint density at radius 2 is 1.84 bits per heavy atom. The van der Waals surface area contributed by atoms with Crippen LogP contribution < -0.4 is 5.73 Å². The molecule has 0 bridgehead atoms. The predicted octanol–water partition coefficient (Wildman–Crippen LogP) is 2.35. The first-order valence-corrected chi connectivity index (χ1v) is 7.52. The number of benzene rings is 1. The average Bonchev–Trinajstić information content (AvgIpc) is 3.01. The molecule has 1 aromatic heterocycles. The molecule has 1 amide bonds. The SMILES string of the molecule is Cl.NCCN(CCc1ccccc1)C(=O)Cn1ccc(C(F)(F)F)n1. The smallest absolute Gasteiger partial charge is 0.339 e. The number of halogens is 4. The molecule has 0 radical (unpaired) electrons. The summed E-state index contributed by atoms with van der Waals surface area (Å²) in [5.41, 5.74) is 5.59. The number of carbonyl (C=O) groups is 1. The number of alkyl halides is 3. The topological polar surface area (TPSA) is 64.2 Å². The third-order valence-corrected chi connectivity index (χ3v) is 3.49. The van der Waals surface area contributed by atoms with Gasteiger partial charge >= 0.3 is 6.18 Å². The van der Waals surface area contributed by atoms with Crippen molar-refractivity contribution in [2.75, 3.05) is 19.6 Å². The number of nitrogens with two attached hydrogens (primary N) is 1. The van der Waals surface area contributed by atoms with Crippen LogP contribution in [0.1, 0.15) is 11.3 Å². The van der Waals surface area contributed by atoms with E-state index in [1.807, 2.05) is 30.3 Å². The normalized spacial score (nSPS) is 11.0. The van der Waals surface area contributed by atoms with E-state index in [2.05, 4.69) is 5.10 Å². The zero-order valence-electron chi connectivity index (χ0n) is 13.4. The van der Waals surface area contributed by atoms with E-state index in [0.717, 1.165) is 22.5 Å². The molecule has 0 aliphatic heterocycles. The molecule has 0 fully saturated rings. The molecule has 0 aliphatic rings. The molecule has 2 rings (SSSR count). The van der Waals surface area contributed by atoms with Gasteiger partial charge < -0.3 is 10.6 Å². The molecule has 1 aromatic carbocycles. The van der Waals surface area contributed by atoms with Crippen LogP contribution in [0, 0.1) is 0 Å². The van der Waals surface area contributed by atoms with Gasteiger partial charge in [-0.15, -0.1) is 12.4 Å². The van der Waals surface area contributed by atoms with E-state index in [4.69, 9.17) is 5.73 Å². The first-order valence-electron chi connectivity index (χ1n) is 7.52. The fourth-order valence-electron chi connectivity index (χ4n) is 2.27. The van der Waals surface area contributed by atoms with Crippen molar-refractivity contribution in [1.82, 2.24) is 14.7 Å². The van der Waals surface area contributed by atoms with Crippen molar-refractivity contribution in [3.8, 4) is 0 Å². The minimum Gasteiger partial charge on any atom is -0.339 e. The summed E-state index contributed by atoms with van der Waals surface area (Å²) in [5, 5.41) is 3.40. The van der Waals surface area contributed by atoms with Crippen LogP contribution >= 0.6 is 12.4 Å². The molecular formula is C16H20ClF3N4O. The van der Waals surface area contributed by atoms with Crippen LogP contribution in [0.15, 0.2) is 42.6 Å². The van der Waals surface area contributed by atoms with Crippen molar-refractivity contribution in [1.29, 1.82) is 0 Å². The quantitative estimate of drug-likeness (QED) is 0.806. The van der Waals surface area contributed by atoms with Crippen molar-refractivity contribution < 1.29 is 18.0 Å². The highest BCUT2D eigenvalue weighted by atomic mass is 35.5. The largest absolute Gasteiger partial charge is 0.435 e. The second-order valence-electron chi connectivity index (χ2n) is 5.30. The molecular weight excluding hydrogens is 357 g/mol. The Kier molecular flexibility index (Phi) is 7.92. The Hall–Kier alpha value is -2.06. The highest BCUT2D eigenvalue weighted by Gasteiger charge is 2.33. The van der Waals surface area contributed by atoms with E-state index in [1.54, 1.807) is 4.90 Å². The molecule has 5 nitrogen and oxygen atoms in total. The van der Waals surface area contributed by atoms with E-state index in [-0.39, 0.29) is 31.4 Å². The van der Waals surface area contributed by atoms with Gasteiger partial charge in [0.15, 0.2) is 5.69 Å². The maximum absolute atomic E-state index is 12.5. The number of aromatic nitrogens is 2. The van der Waals surface area contributed by atoms with E-state index in [1.165, 1.54) is 0 Å². The third kappa shape index (κ3) is 6.39. The fourth-order valence-corrected chi connectivity index (χ4v) is 2.27. The number of carbonyl (C=O) groups excluding carboxylic acids is 1. The van der Waals surface area contributed by atoms with E-state index < -0.39 is 11.9 Å². The maximum Gasteiger partial charge on any atom is 0.435 e. The van der Waals surface area contributed by atoms with E-state index >= 15 is 0 Å². The Morgan fingerprint density at radius 1 is 1.16 bits per heavy atom. The minimum absolute atomic E-state index is 0. The maximum atomic E-state index is 12.5. The Morgan fingerprint density at radius 3 is 2.40 bits per heavy atom. The highest BCUT2D eigenvalue weighted by Crippen LogP contribution is 2.27. The lowest BCUT2D eigenvalue weighted by Crippen LogP contribution is -2.39. The van der Waals surface area contributed by atoms with Crippen molar-refractivity contribution in [2.24, 2.45) is 5.73 Å². The van der Waals surface area contributed by atoms with Crippen LogP contribution in [0.2, 0.25) is 0 Å². The molecule has 0 saturated carbocycles. The molecule has 0 aliphatic carbocycles. The Balaban J connectivity index is 0.00000312. The van der Waals surface area contributed by atoms with Gasteiger partial charge in [-0.1, -0.05) is 30.3 Å². The summed E-state index contributed by atoms with van der Waals surface area (Å²) in [5.74, 6) is -0.312. The molecule has 0 spiro atoms. The second-order valence-corrected chi connectivity index (χ2v) is 5.30. The van der Waals surface area contributed by atoms with Crippen molar-refractivity contribution in [3.05, 3.63) is 53.9 Å². The monoisotopic (exact) mass is 376 g/mol. The zero-order chi connectivity index (χ0) is 17.6. The number of rotatable bonds is 7. The number of hydrogen-bond donors (Lipinski definition) is 1. The van der Waals surface area contributed by atoms with Crippen LogP contribution in [0.25, 0.3) is 0 Å². The van der Waals surface area contributed by atoms with Gasteiger partial charge in [-0.3, -0.25) is 9.48 Å². The van der Waals surface area contributed by atoms with Gasteiger partial charge in [-0.25, -0.2) is 0 Å². The molecule has 1 heterocycles. The standard InChI is InChI=1S/C16H19F3N4O.ClH/c17-16(18,19)14-7-10-23(21-14)12-15(24)22(11-8-20)9-6-13-4-2-1-3-5-13;/h1-5,7,10H,6,8-9,11-12,20H2;1H. The summed E-state index contributed by atoms with van der Waals surface area (Å²) in [4.78, 5) is 13.9. The Labute approximate surface area is 150 Å². The first kappa shape index (κ1) is 21.0. The van der Waals surface area contributed by atoms with Gasteiger partial charge in [0.25, 0.3) is 0 Å². The molecule has 138 valence electrons. The van der Waals surface area contributed by atoms with Gasteiger partial charge in [0.1, 0.15) is 6.54 Å². The van der Waals surface area contributed by atoms with Crippen LogP contribution in [0.3, 0.4) is 0 Å². The number of amides is 1. The zero-order valence-corrected chi connectivity index (χ0v) is 14.3. The van der Waals surface area contributed by atoms with Gasteiger partial charge in [0.05, 0.1) is 0 Å². The lowest BCUT2D eigenvalue weighted by Gasteiger charge is -2.22. The summed E-state index contributed by atoms with van der Waals surface area (Å²) >= 11 is 0. The molecule has 2 N–H and O–H groups in total. The summed E-state index contributed by atoms with van der Waals surface area (Å²) in [6.07, 6.45) is -2.71. The molecule has 9 heteroatoms. The van der Waals surface area contributed by atoms with Gasteiger partial charge in [-0.2, -0.15) is 18.3 Å². The van der Waals surface area contributed by atoms with Crippen LogP contribution in [0.5, 0.6) is 0 Å². The van der Waals surface area contributed by atoms with Gasteiger partial charge in [-0.05, 0) is 18.1 Å². The van der Waals surface area contributed by atoms with E-state index in [0.29, 0.717) is 19.5 Å². The number of hydrogen-bond acceptors (Lipinski definition) is 3. The second kappa shape index (κ2) is 9.43. The summed E-state index contributed by atoms with van der Waals surface area (Å²) in [6.45, 7) is 0.838. The molecule has 2 aromatic rings. The first-order chi connectivity index (χ1) is 11.4. The summed E-state index contributed by atoms with van der Waals surface area (Å²) < 4.78 is 38.6. The lowest BCUT2D eigenvalue weighted by molar-refractivity contribution is -0.142. The summed E-state index contributed by atoms with van der Waals surface area (Å²) in [7, 11) is 0. The lowest BCUT2D eigenvalue weighted by atomic mass is 10.1. The highest BCUT2D eigenvalue weighted by molar-refractivity contribution is 5.85. The third-order valence-electron chi connectivity index (χ3n) is 3.49. The number of nitrogens with zero attached hydrogens (tertiary/aromatic N) is 3. The molecule has 0 unspecified atom stereocenters. The van der Waals surface area contributed by atoms with Crippen molar-refractivity contribution in [3.63, 3.8) is 0 Å². The fraction of sp³-hybridized carbons (Fsp3) is 0.375. The van der Waals surface area contributed by atoms with Crippen LogP contribution in [-0.4, -0.2) is 40.2 Å². The van der Waals surface area contributed by atoms with Crippen molar-refractivity contribution >= 4 is 18.3 Å². The van der Waals surface area contributed by atoms with Crippen LogP contribution in [-0.2, 0) is 23.9 Å². The molecule has 0 atom stereocenters. The van der Waals surface area contributed by atoms with Crippen LogP contribution in [0.4, 0.5) is 13.2 Å². The Bertz CT molecular complexity index is 661. The average molecular weight is 377 g/mol. The van der Waals surface area contributed by atoms with Gasteiger partial charge in [0, 0.05) is 25.8 Å². The van der Waals surface area contributed by atoms with Crippen molar-refractivity contribution in [2.45, 2.75) is 19.1 Å². The summed E-state index contributed by atoms with van der Waals surface area (Å²) in [6, 6.07) is 10.5. The molecule has 0 saturated heterocycles. The predicted molar refractivity (Wildman–Crippen MR) is 90.3 cm³/mol. The van der Waals surface area contributed by atoms with E-state index in [9.17, 15) is 18.0 Å².